The average molecular weight is 665 g/mol. The molecule has 48 heavy (non-hydrogen) atoms. The van der Waals surface area contributed by atoms with Gasteiger partial charge in [0.25, 0.3) is 5.91 Å². The van der Waals surface area contributed by atoms with Gasteiger partial charge in [-0.1, -0.05) is 36.4 Å². The maximum Gasteiger partial charge on any atom is 0.416 e. The third-order valence-electron chi connectivity index (χ3n) is 9.62. The molecule has 2 N–H and O–H groups in total. The van der Waals surface area contributed by atoms with Crippen molar-refractivity contribution in [3.8, 4) is 0 Å². The molecule has 0 saturated carbocycles. The molecule has 1 spiro atoms. The van der Waals surface area contributed by atoms with Crippen molar-refractivity contribution in [3.63, 3.8) is 0 Å². The highest BCUT2D eigenvalue weighted by atomic mass is 19.4. The van der Waals surface area contributed by atoms with Gasteiger partial charge in [-0.3, -0.25) is 19.5 Å². The quantitative estimate of drug-likeness (QED) is 0.299. The first-order valence-electron chi connectivity index (χ1n) is 16.3. The highest BCUT2D eigenvalue weighted by Crippen LogP contribution is 2.35. The summed E-state index contributed by atoms with van der Waals surface area (Å²) in [6, 6.07) is 19.5. The third kappa shape index (κ3) is 8.16. The van der Waals surface area contributed by atoms with Crippen molar-refractivity contribution in [2.45, 2.75) is 63.1 Å². The number of alkyl halides is 3. The SMILES string of the molecule is O=C(O)c1ccc(CN2CCC(NC(=O)c3ccc(CN4CC5(CCN(Cc6ccc(C(F)(F)F)cc6)CC5)OC4=O)cc3)CC2)cc1. The molecule has 3 aliphatic rings. The molecule has 0 unspecified atom stereocenters. The average Bonchev–Trinajstić information content (AvgIpc) is 3.37. The van der Waals surface area contributed by atoms with Crippen LogP contribution in [-0.2, 0) is 30.5 Å². The number of carboxylic acid groups (broad SMARTS) is 1. The fourth-order valence-corrected chi connectivity index (χ4v) is 6.75. The zero-order valence-corrected chi connectivity index (χ0v) is 26.5. The lowest BCUT2D eigenvalue weighted by atomic mass is 9.91. The second-order valence-electron chi connectivity index (χ2n) is 13.1. The molecule has 3 saturated heterocycles. The Morgan fingerprint density at radius 3 is 1.81 bits per heavy atom. The van der Waals surface area contributed by atoms with Gasteiger partial charge in [-0.2, -0.15) is 13.2 Å². The van der Waals surface area contributed by atoms with Gasteiger partial charge in [-0.05, 0) is 65.9 Å². The van der Waals surface area contributed by atoms with Crippen LogP contribution in [0, 0.1) is 0 Å². The van der Waals surface area contributed by atoms with Crippen LogP contribution in [0.4, 0.5) is 18.0 Å². The van der Waals surface area contributed by atoms with E-state index in [1.807, 2.05) is 24.3 Å². The number of piperidine rings is 2. The molecular formula is C36H39F3N4O5. The normalized spacial score (nSPS) is 19.0. The highest BCUT2D eigenvalue weighted by molar-refractivity contribution is 5.94. The zero-order valence-electron chi connectivity index (χ0n) is 26.5. The van der Waals surface area contributed by atoms with E-state index >= 15 is 0 Å². The van der Waals surface area contributed by atoms with Crippen LogP contribution >= 0.6 is 0 Å². The summed E-state index contributed by atoms with van der Waals surface area (Å²) in [7, 11) is 0. The zero-order chi connectivity index (χ0) is 33.9. The minimum Gasteiger partial charge on any atom is -0.478 e. The van der Waals surface area contributed by atoms with Crippen molar-refractivity contribution >= 4 is 18.0 Å². The lowest BCUT2D eigenvalue weighted by molar-refractivity contribution is -0.137. The topological polar surface area (TPSA) is 102 Å². The first-order chi connectivity index (χ1) is 22.9. The molecule has 6 rings (SSSR count). The Labute approximate surface area is 277 Å². The van der Waals surface area contributed by atoms with Crippen molar-refractivity contribution in [1.29, 1.82) is 0 Å². The van der Waals surface area contributed by atoms with Gasteiger partial charge in [0.05, 0.1) is 17.7 Å². The van der Waals surface area contributed by atoms with Crippen LogP contribution < -0.4 is 5.32 Å². The smallest absolute Gasteiger partial charge is 0.416 e. The summed E-state index contributed by atoms with van der Waals surface area (Å²) in [5, 5.41) is 12.2. The standard InChI is InChI=1S/C36H39F3N4O5/c37-36(38,39)30-11-5-26(6-12-30)22-42-19-15-35(16-20-42)24-43(34(47)48-35)23-27-1-7-28(8-2-27)32(44)40-31-13-17-41(18-14-31)21-25-3-9-29(10-4-25)33(45)46/h1-12,31H,13-24H2,(H,40,44)(H,45,46). The predicted molar refractivity (Wildman–Crippen MR) is 171 cm³/mol. The maximum atomic E-state index is 13.0. The van der Waals surface area contributed by atoms with E-state index in [-0.39, 0.29) is 23.6 Å². The molecule has 0 aromatic heterocycles. The molecule has 0 bridgehead atoms. The number of amides is 2. The number of rotatable bonds is 9. The van der Waals surface area contributed by atoms with Gasteiger partial charge in [-0.15, -0.1) is 0 Å². The molecule has 9 nitrogen and oxygen atoms in total. The van der Waals surface area contributed by atoms with E-state index in [2.05, 4.69) is 15.1 Å². The number of carbonyl (C=O) groups excluding carboxylic acids is 2. The molecular weight excluding hydrogens is 625 g/mol. The van der Waals surface area contributed by atoms with Crippen LogP contribution in [0.5, 0.6) is 0 Å². The predicted octanol–water partition coefficient (Wildman–Crippen LogP) is 5.79. The molecule has 0 radical (unpaired) electrons. The van der Waals surface area contributed by atoms with Crippen LogP contribution in [0.1, 0.15) is 68.7 Å². The van der Waals surface area contributed by atoms with Gasteiger partial charge >= 0.3 is 18.2 Å². The van der Waals surface area contributed by atoms with Crippen LogP contribution in [-0.4, -0.2) is 82.1 Å². The largest absolute Gasteiger partial charge is 0.478 e. The second kappa shape index (κ2) is 14.0. The molecule has 0 aliphatic carbocycles. The van der Waals surface area contributed by atoms with Crippen molar-refractivity contribution in [2.75, 3.05) is 32.7 Å². The van der Waals surface area contributed by atoms with Crippen molar-refractivity contribution in [2.24, 2.45) is 0 Å². The first-order valence-corrected chi connectivity index (χ1v) is 16.3. The molecule has 2 amide bonds. The van der Waals surface area contributed by atoms with Crippen LogP contribution in [0.3, 0.4) is 0 Å². The fourth-order valence-electron chi connectivity index (χ4n) is 6.75. The first kappa shape index (κ1) is 33.5. The summed E-state index contributed by atoms with van der Waals surface area (Å²) >= 11 is 0. The van der Waals surface area contributed by atoms with Gasteiger partial charge in [0, 0.05) is 70.3 Å². The molecule has 254 valence electrons. The number of halogens is 3. The summed E-state index contributed by atoms with van der Waals surface area (Å²) in [5.74, 6) is -1.07. The van der Waals surface area contributed by atoms with Crippen molar-refractivity contribution in [3.05, 3.63) is 106 Å². The monoisotopic (exact) mass is 664 g/mol. The maximum absolute atomic E-state index is 13.0. The number of nitrogens with zero attached hydrogens (tertiary/aromatic N) is 3. The van der Waals surface area contributed by atoms with E-state index in [1.54, 1.807) is 29.2 Å². The van der Waals surface area contributed by atoms with E-state index in [4.69, 9.17) is 9.84 Å². The van der Waals surface area contributed by atoms with Crippen LogP contribution in [0.15, 0.2) is 72.8 Å². The Morgan fingerprint density at radius 1 is 0.771 bits per heavy atom. The van der Waals surface area contributed by atoms with E-state index in [0.29, 0.717) is 51.1 Å². The van der Waals surface area contributed by atoms with Gasteiger partial charge in [0.15, 0.2) is 0 Å². The Kier molecular flexibility index (Phi) is 9.75. The minimum absolute atomic E-state index is 0.0692. The van der Waals surface area contributed by atoms with E-state index in [9.17, 15) is 27.6 Å². The Hall–Kier alpha value is -4.42. The number of hydrogen-bond acceptors (Lipinski definition) is 6. The minimum atomic E-state index is -4.35. The number of nitrogens with one attached hydrogen (secondary N) is 1. The Morgan fingerprint density at radius 2 is 1.27 bits per heavy atom. The summed E-state index contributed by atoms with van der Waals surface area (Å²) in [5.41, 5.74) is 2.35. The van der Waals surface area contributed by atoms with Crippen LogP contribution in [0.2, 0.25) is 0 Å². The molecule has 0 atom stereocenters. The van der Waals surface area contributed by atoms with Crippen molar-refractivity contribution in [1.82, 2.24) is 20.0 Å². The number of ether oxygens (including phenoxy) is 1. The van der Waals surface area contributed by atoms with E-state index < -0.39 is 23.3 Å². The lowest BCUT2D eigenvalue weighted by Gasteiger charge is -2.37. The number of hydrogen-bond donors (Lipinski definition) is 2. The fraction of sp³-hybridized carbons (Fsp3) is 0.417. The molecule has 3 aliphatic heterocycles. The molecule has 3 aromatic rings. The summed E-state index contributed by atoms with van der Waals surface area (Å²) in [6.07, 6.45) is -1.78. The van der Waals surface area contributed by atoms with E-state index in [1.165, 1.54) is 12.1 Å². The summed E-state index contributed by atoms with van der Waals surface area (Å²) in [6.45, 7) is 5.12. The number of carbonyl (C=O) groups is 3. The molecule has 3 heterocycles. The molecule has 3 aromatic carbocycles. The second-order valence-corrected chi connectivity index (χ2v) is 13.1. The van der Waals surface area contributed by atoms with Gasteiger partial charge < -0.3 is 15.2 Å². The molecule has 12 heteroatoms. The van der Waals surface area contributed by atoms with Crippen molar-refractivity contribution < 1.29 is 37.4 Å². The number of aromatic carboxylic acids is 1. The Balaban J connectivity index is 0.929. The highest BCUT2D eigenvalue weighted by Gasteiger charge is 2.46. The van der Waals surface area contributed by atoms with Gasteiger partial charge in [0.1, 0.15) is 5.60 Å². The summed E-state index contributed by atoms with van der Waals surface area (Å²) in [4.78, 5) is 43.0. The van der Waals surface area contributed by atoms with E-state index in [0.717, 1.165) is 61.3 Å². The number of carboxylic acids is 1. The third-order valence-corrected chi connectivity index (χ3v) is 9.62. The van der Waals surface area contributed by atoms with Crippen LogP contribution in [0.25, 0.3) is 0 Å². The number of likely N-dealkylation sites (tertiary alicyclic amines) is 2. The van der Waals surface area contributed by atoms with Gasteiger partial charge in [-0.25, -0.2) is 9.59 Å². The Bertz CT molecular complexity index is 1600. The summed E-state index contributed by atoms with van der Waals surface area (Å²) < 4.78 is 44.5. The molecule has 3 fully saturated rings. The number of benzene rings is 3. The lowest BCUT2D eigenvalue weighted by Crippen LogP contribution is -2.46. The van der Waals surface area contributed by atoms with Gasteiger partial charge in [0.2, 0.25) is 0 Å².